The van der Waals surface area contributed by atoms with Crippen molar-refractivity contribution < 1.29 is 4.74 Å². The van der Waals surface area contributed by atoms with E-state index in [1.807, 2.05) is 13.8 Å². The quantitative estimate of drug-likeness (QED) is 0.897. The van der Waals surface area contributed by atoms with Crippen molar-refractivity contribution in [1.82, 2.24) is 19.8 Å². The summed E-state index contributed by atoms with van der Waals surface area (Å²) >= 11 is 0. The minimum Gasteiger partial charge on any atom is -0.473 e. The van der Waals surface area contributed by atoms with Crippen molar-refractivity contribution >= 4 is 11.6 Å². The molecule has 0 aliphatic carbocycles. The Morgan fingerprint density at radius 1 is 1.16 bits per heavy atom. The number of aryl methyl sites for hydroxylation is 1. The second-order valence-electron chi connectivity index (χ2n) is 4.62. The van der Waals surface area contributed by atoms with E-state index in [9.17, 15) is 0 Å². The van der Waals surface area contributed by atoms with Crippen LogP contribution in [0.4, 0.5) is 5.95 Å². The van der Waals surface area contributed by atoms with E-state index in [0.29, 0.717) is 11.8 Å². The van der Waals surface area contributed by atoms with Crippen LogP contribution in [0.3, 0.4) is 0 Å². The molecule has 0 spiro atoms. The van der Waals surface area contributed by atoms with E-state index in [2.05, 4.69) is 34.5 Å². The van der Waals surface area contributed by atoms with Gasteiger partial charge in [-0.1, -0.05) is 13.8 Å². The first-order valence-electron chi connectivity index (χ1n) is 6.69. The molecular weight excluding hydrogens is 242 g/mol. The first-order chi connectivity index (χ1) is 9.12. The molecule has 104 valence electrons. The molecule has 0 aliphatic heterocycles. The lowest BCUT2D eigenvalue weighted by Gasteiger charge is -2.17. The van der Waals surface area contributed by atoms with Gasteiger partial charge in [0.1, 0.15) is 0 Å². The highest BCUT2D eigenvalue weighted by atomic mass is 16.5. The van der Waals surface area contributed by atoms with Crippen molar-refractivity contribution in [2.24, 2.45) is 0 Å². The highest BCUT2D eigenvalue weighted by molar-refractivity contribution is 5.55. The molecule has 0 atom stereocenters. The zero-order valence-electron chi connectivity index (χ0n) is 12.2. The van der Waals surface area contributed by atoms with Gasteiger partial charge in [-0.3, -0.25) is 0 Å². The molecule has 0 saturated heterocycles. The number of rotatable bonds is 5. The fraction of sp³-hybridized carbons (Fsp3) is 0.615. The van der Waals surface area contributed by atoms with Gasteiger partial charge in [0.15, 0.2) is 5.65 Å². The predicted octanol–water partition coefficient (Wildman–Crippen LogP) is 2.35. The number of anilines is 1. The number of hydrogen-bond donors (Lipinski definition) is 1. The number of ether oxygens (including phenoxy) is 1. The normalized spacial score (nSPS) is 11.3. The van der Waals surface area contributed by atoms with Crippen molar-refractivity contribution in [1.29, 1.82) is 0 Å². The van der Waals surface area contributed by atoms with Crippen molar-refractivity contribution in [3.63, 3.8) is 0 Å². The molecule has 0 unspecified atom stereocenters. The topological polar surface area (TPSA) is 64.3 Å². The van der Waals surface area contributed by atoms with Crippen LogP contribution in [0.15, 0.2) is 0 Å². The standard InChI is InChI=1S/C13H21N5O/c1-6-10(7-2)19-12-9(4)8(3)11-15-16-13(14-5)18(11)17-12/h10H,6-7H2,1-5H3,(H,14,16). The maximum Gasteiger partial charge on any atom is 0.245 e. The summed E-state index contributed by atoms with van der Waals surface area (Å²) in [7, 11) is 1.80. The lowest BCUT2D eigenvalue weighted by molar-refractivity contribution is 0.181. The Morgan fingerprint density at radius 2 is 1.84 bits per heavy atom. The second-order valence-corrected chi connectivity index (χ2v) is 4.62. The second kappa shape index (κ2) is 5.42. The Labute approximate surface area is 113 Å². The lowest BCUT2D eigenvalue weighted by Crippen LogP contribution is -2.17. The maximum absolute atomic E-state index is 5.99. The Balaban J connectivity index is 2.51. The molecule has 2 aromatic rings. The number of hydrogen-bond acceptors (Lipinski definition) is 5. The van der Waals surface area contributed by atoms with Crippen LogP contribution in [0.25, 0.3) is 5.65 Å². The van der Waals surface area contributed by atoms with E-state index in [4.69, 9.17) is 4.74 Å². The molecular formula is C13H21N5O. The van der Waals surface area contributed by atoms with Gasteiger partial charge in [0, 0.05) is 18.2 Å². The third-order valence-corrected chi connectivity index (χ3v) is 3.46. The fourth-order valence-electron chi connectivity index (χ4n) is 1.98. The van der Waals surface area contributed by atoms with Crippen molar-refractivity contribution in [3.05, 3.63) is 11.1 Å². The lowest BCUT2D eigenvalue weighted by atomic mass is 10.2. The Kier molecular flexibility index (Phi) is 3.87. The SMILES string of the molecule is CCC(CC)Oc1nn2c(NC)nnc2c(C)c1C. The van der Waals surface area contributed by atoms with Gasteiger partial charge in [0.2, 0.25) is 11.8 Å². The van der Waals surface area contributed by atoms with Gasteiger partial charge in [-0.2, -0.15) is 4.52 Å². The summed E-state index contributed by atoms with van der Waals surface area (Å²) in [6.07, 6.45) is 2.13. The number of nitrogens with one attached hydrogen (secondary N) is 1. The average molecular weight is 263 g/mol. The summed E-state index contributed by atoms with van der Waals surface area (Å²) in [5.41, 5.74) is 2.83. The predicted molar refractivity (Wildman–Crippen MR) is 74.8 cm³/mol. The third kappa shape index (κ3) is 2.34. The summed E-state index contributed by atoms with van der Waals surface area (Å²) in [5, 5.41) is 15.7. The van der Waals surface area contributed by atoms with Gasteiger partial charge in [0.25, 0.3) is 0 Å². The van der Waals surface area contributed by atoms with Crippen LogP contribution in [0.2, 0.25) is 0 Å². The molecule has 2 rings (SSSR count). The van der Waals surface area contributed by atoms with E-state index in [-0.39, 0.29) is 6.10 Å². The van der Waals surface area contributed by atoms with Crippen LogP contribution in [-0.2, 0) is 0 Å². The van der Waals surface area contributed by atoms with Crippen LogP contribution in [0.1, 0.15) is 37.8 Å². The average Bonchev–Trinajstić information content (AvgIpc) is 2.84. The maximum atomic E-state index is 5.99. The van der Waals surface area contributed by atoms with Crippen molar-refractivity contribution in [2.45, 2.75) is 46.6 Å². The molecule has 0 amide bonds. The third-order valence-electron chi connectivity index (χ3n) is 3.46. The molecule has 6 heteroatoms. The number of aromatic nitrogens is 4. The van der Waals surface area contributed by atoms with E-state index in [1.165, 1.54) is 0 Å². The molecule has 0 saturated carbocycles. The molecule has 0 radical (unpaired) electrons. The van der Waals surface area contributed by atoms with Gasteiger partial charge in [-0.05, 0) is 26.7 Å². The van der Waals surface area contributed by atoms with Gasteiger partial charge < -0.3 is 10.1 Å². The van der Waals surface area contributed by atoms with Crippen LogP contribution in [0, 0.1) is 13.8 Å². The summed E-state index contributed by atoms with van der Waals surface area (Å²) in [5.74, 6) is 1.28. The monoisotopic (exact) mass is 263 g/mol. The Hall–Kier alpha value is -1.85. The van der Waals surface area contributed by atoms with Gasteiger partial charge in [-0.15, -0.1) is 15.3 Å². The Morgan fingerprint density at radius 3 is 2.42 bits per heavy atom. The van der Waals surface area contributed by atoms with E-state index in [0.717, 1.165) is 29.6 Å². The van der Waals surface area contributed by atoms with Gasteiger partial charge >= 0.3 is 0 Å². The van der Waals surface area contributed by atoms with Crippen LogP contribution in [-0.4, -0.2) is 33.0 Å². The van der Waals surface area contributed by atoms with Crippen molar-refractivity contribution in [3.8, 4) is 5.88 Å². The van der Waals surface area contributed by atoms with Gasteiger partial charge in [-0.25, -0.2) is 0 Å². The summed E-state index contributed by atoms with van der Waals surface area (Å²) in [4.78, 5) is 0. The fourth-order valence-corrected chi connectivity index (χ4v) is 1.98. The minimum atomic E-state index is 0.192. The summed E-state index contributed by atoms with van der Waals surface area (Å²) in [6.45, 7) is 8.26. The number of fused-ring (bicyclic) bond motifs is 1. The summed E-state index contributed by atoms with van der Waals surface area (Å²) in [6, 6.07) is 0. The smallest absolute Gasteiger partial charge is 0.245 e. The molecule has 6 nitrogen and oxygen atoms in total. The molecule has 0 fully saturated rings. The van der Waals surface area contributed by atoms with Crippen LogP contribution < -0.4 is 10.1 Å². The van der Waals surface area contributed by atoms with Gasteiger partial charge in [0.05, 0.1) is 6.10 Å². The molecule has 0 aliphatic rings. The first kappa shape index (κ1) is 13.6. The molecule has 1 N–H and O–H groups in total. The largest absolute Gasteiger partial charge is 0.473 e. The molecule has 2 aromatic heterocycles. The number of nitrogens with zero attached hydrogens (tertiary/aromatic N) is 4. The zero-order valence-corrected chi connectivity index (χ0v) is 12.2. The van der Waals surface area contributed by atoms with Crippen molar-refractivity contribution in [2.75, 3.05) is 12.4 Å². The van der Waals surface area contributed by atoms with Crippen LogP contribution >= 0.6 is 0 Å². The molecule has 2 heterocycles. The minimum absolute atomic E-state index is 0.192. The van der Waals surface area contributed by atoms with E-state index < -0.39 is 0 Å². The van der Waals surface area contributed by atoms with Crippen LogP contribution in [0.5, 0.6) is 5.88 Å². The summed E-state index contributed by atoms with van der Waals surface area (Å²) < 4.78 is 7.68. The highest BCUT2D eigenvalue weighted by Crippen LogP contribution is 2.24. The van der Waals surface area contributed by atoms with E-state index >= 15 is 0 Å². The van der Waals surface area contributed by atoms with E-state index in [1.54, 1.807) is 11.6 Å². The molecule has 0 aromatic carbocycles. The highest BCUT2D eigenvalue weighted by Gasteiger charge is 2.16. The first-order valence-corrected chi connectivity index (χ1v) is 6.69. The Bertz CT molecular complexity index is 574. The molecule has 0 bridgehead atoms. The molecule has 19 heavy (non-hydrogen) atoms. The zero-order chi connectivity index (χ0) is 14.0.